The lowest BCUT2D eigenvalue weighted by molar-refractivity contribution is -0.133. The maximum absolute atomic E-state index is 12.3. The van der Waals surface area contributed by atoms with Gasteiger partial charge in [0.2, 0.25) is 11.8 Å². The quantitative estimate of drug-likeness (QED) is 0.835. The Morgan fingerprint density at radius 1 is 1.17 bits per heavy atom. The molecule has 6 heteroatoms. The summed E-state index contributed by atoms with van der Waals surface area (Å²) in [4.78, 5) is 27.4. The van der Waals surface area contributed by atoms with E-state index in [9.17, 15) is 9.59 Å². The molecule has 2 N–H and O–H groups in total. The van der Waals surface area contributed by atoms with Gasteiger partial charge in [0.1, 0.15) is 5.75 Å². The number of ether oxygens (including phenoxy) is 1. The molecule has 1 atom stereocenters. The van der Waals surface area contributed by atoms with E-state index in [1.807, 2.05) is 41.0 Å². The average molecular weight is 319 g/mol. The van der Waals surface area contributed by atoms with E-state index in [0.29, 0.717) is 32.6 Å². The topological polar surface area (TPSA) is 75.9 Å². The Morgan fingerprint density at radius 3 is 2.30 bits per heavy atom. The van der Waals surface area contributed by atoms with Gasteiger partial charge in [0.05, 0.1) is 13.2 Å². The van der Waals surface area contributed by atoms with Gasteiger partial charge >= 0.3 is 0 Å². The monoisotopic (exact) mass is 319 g/mol. The predicted octanol–water partition coefficient (Wildman–Crippen LogP) is 0.646. The van der Waals surface area contributed by atoms with Crippen molar-refractivity contribution in [2.24, 2.45) is 5.73 Å². The highest BCUT2D eigenvalue weighted by atomic mass is 16.5. The first-order chi connectivity index (χ1) is 11.0. The molecule has 1 aromatic carbocycles. The van der Waals surface area contributed by atoms with Gasteiger partial charge < -0.3 is 15.4 Å². The van der Waals surface area contributed by atoms with Crippen LogP contribution in [0.1, 0.15) is 18.9 Å². The van der Waals surface area contributed by atoms with E-state index in [1.54, 1.807) is 7.11 Å². The standard InChI is InChI=1S/C17H25N3O3/c1-13(17(18)22)19-9-11-20(12-10-19)16(21)8-5-14-3-6-15(23-2)7-4-14/h3-4,6-7,13H,5,8-12H2,1-2H3,(H2,18,22)/t13-/m0/s1. The molecule has 1 fully saturated rings. The number of primary amides is 1. The Morgan fingerprint density at radius 2 is 1.78 bits per heavy atom. The molecular formula is C17H25N3O3. The third-order valence-corrected chi connectivity index (χ3v) is 4.41. The minimum absolute atomic E-state index is 0.159. The lowest BCUT2D eigenvalue weighted by Crippen LogP contribution is -2.54. The van der Waals surface area contributed by atoms with E-state index in [-0.39, 0.29) is 17.9 Å². The maximum Gasteiger partial charge on any atom is 0.234 e. The number of benzene rings is 1. The molecule has 1 aliphatic rings. The van der Waals surface area contributed by atoms with Crippen molar-refractivity contribution in [1.29, 1.82) is 0 Å². The van der Waals surface area contributed by atoms with Gasteiger partial charge in [-0.15, -0.1) is 0 Å². The lowest BCUT2D eigenvalue weighted by atomic mass is 10.1. The summed E-state index contributed by atoms with van der Waals surface area (Å²) in [6, 6.07) is 7.51. The summed E-state index contributed by atoms with van der Waals surface area (Å²) in [5.41, 5.74) is 6.45. The van der Waals surface area contributed by atoms with Gasteiger partial charge in [-0.3, -0.25) is 14.5 Å². The molecule has 0 bridgehead atoms. The van der Waals surface area contributed by atoms with Crippen LogP contribution in [0.25, 0.3) is 0 Å². The van der Waals surface area contributed by atoms with Crippen LogP contribution in [0, 0.1) is 0 Å². The van der Waals surface area contributed by atoms with Crippen molar-refractivity contribution < 1.29 is 14.3 Å². The number of methoxy groups -OCH3 is 1. The first-order valence-corrected chi connectivity index (χ1v) is 7.95. The Hall–Kier alpha value is -2.08. The Labute approximate surface area is 137 Å². The van der Waals surface area contributed by atoms with Crippen molar-refractivity contribution in [3.05, 3.63) is 29.8 Å². The van der Waals surface area contributed by atoms with Crippen LogP contribution in [-0.4, -0.2) is 60.9 Å². The second-order valence-electron chi connectivity index (χ2n) is 5.84. The van der Waals surface area contributed by atoms with E-state index >= 15 is 0 Å². The molecule has 1 heterocycles. The van der Waals surface area contributed by atoms with E-state index in [2.05, 4.69) is 0 Å². The molecule has 0 radical (unpaired) electrons. The fraction of sp³-hybridized carbons (Fsp3) is 0.529. The maximum atomic E-state index is 12.3. The molecule has 1 saturated heterocycles. The molecule has 6 nitrogen and oxygen atoms in total. The van der Waals surface area contributed by atoms with Gasteiger partial charge in [0, 0.05) is 32.6 Å². The molecule has 0 aliphatic carbocycles. The summed E-state index contributed by atoms with van der Waals surface area (Å²) in [5, 5.41) is 0. The number of nitrogens with zero attached hydrogens (tertiary/aromatic N) is 2. The molecule has 126 valence electrons. The van der Waals surface area contributed by atoms with Crippen LogP contribution in [-0.2, 0) is 16.0 Å². The van der Waals surface area contributed by atoms with Crippen LogP contribution in [0.2, 0.25) is 0 Å². The van der Waals surface area contributed by atoms with E-state index in [0.717, 1.165) is 17.7 Å². The third kappa shape index (κ3) is 4.69. The van der Waals surface area contributed by atoms with Crippen LogP contribution in [0.4, 0.5) is 0 Å². The molecule has 1 aromatic rings. The van der Waals surface area contributed by atoms with Gasteiger partial charge in [-0.2, -0.15) is 0 Å². The molecule has 0 unspecified atom stereocenters. The SMILES string of the molecule is COc1ccc(CCC(=O)N2CCN([C@@H](C)C(N)=O)CC2)cc1. The van der Waals surface area contributed by atoms with Crippen molar-refractivity contribution >= 4 is 11.8 Å². The number of aryl methyl sites for hydroxylation is 1. The summed E-state index contributed by atoms with van der Waals surface area (Å²) in [6.45, 7) is 4.50. The second-order valence-corrected chi connectivity index (χ2v) is 5.84. The summed E-state index contributed by atoms with van der Waals surface area (Å²) in [5.74, 6) is 0.663. The molecule has 0 aromatic heterocycles. The van der Waals surface area contributed by atoms with E-state index < -0.39 is 0 Å². The normalized spacial score (nSPS) is 16.9. The Kier molecular flexibility index (Phi) is 5.98. The fourth-order valence-electron chi connectivity index (χ4n) is 2.74. The largest absolute Gasteiger partial charge is 0.497 e. The number of piperazine rings is 1. The Bertz CT molecular complexity index is 537. The highest BCUT2D eigenvalue weighted by molar-refractivity contribution is 5.79. The fourth-order valence-corrected chi connectivity index (χ4v) is 2.74. The van der Waals surface area contributed by atoms with Crippen molar-refractivity contribution in [3.8, 4) is 5.75 Å². The molecule has 0 spiro atoms. The number of hydrogen-bond donors (Lipinski definition) is 1. The van der Waals surface area contributed by atoms with Crippen LogP contribution < -0.4 is 10.5 Å². The third-order valence-electron chi connectivity index (χ3n) is 4.41. The zero-order valence-corrected chi connectivity index (χ0v) is 13.8. The molecule has 2 rings (SSSR count). The van der Waals surface area contributed by atoms with E-state index in [1.165, 1.54) is 0 Å². The van der Waals surface area contributed by atoms with Crippen molar-refractivity contribution in [2.75, 3.05) is 33.3 Å². The van der Waals surface area contributed by atoms with Gasteiger partial charge in [-0.1, -0.05) is 12.1 Å². The Balaban J connectivity index is 1.77. The average Bonchev–Trinajstić information content (AvgIpc) is 2.59. The predicted molar refractivity (Wildman–Crippen MR) is 88.1 cm³/mol. The number of carbonyl (C=O) groups excluding carboxylic acids is 2. The summed E-state index contributed by atoms with van der Waals surface area (Å²) < 4.78 is 5.12. The van der Waals surface area contributed by atoms with Gasteiger partial charge in [0.15, 0.2) is 0 Å². The molecule has 1 aliphatic heterocycles. The second kappa shape index (κ2) is 7.97. The number of amides is 2. The van der Waals surface area contributed by atoms with E-state index in [4.69, 9.17) is 10.5 Å². The van der Waals surface area contributed by atoms with Gasteiger partial charge in [0.25, 0.3) is 0 Å². The van der Waals surface area contributed by atoms with Crippen molar-refractivity contribution in [3.63, 3.8) is 0 Å². The first kappa shape index (κ1) is 17.3. The van der Waals surface area contributed by atoms with Gasteiger partial charge in [-0.25, -0.2) is 0 Å². The summed E-state index contributed by atoms with van der Waals surface area (Å²) in [7, 11) is 1.64. The molecule has 0 saturated carbocycles. The molecule has 2 amide bonds. The molecular weight excluding hydrogens is 294 g/mol. The van der Waals surface area contributed by atoms with Crippen LogP contribution in [0.3, 0.4) is 0 Å². The van der Waals surface area contributed by atoms with Gasteiger partial charge in [-0.05, 0) is 31.0 Å². The first-order valence-electron chi connectivity index (χ1n) is 7.95. The number of hydrogen-bond acceptors (Lipinski definition) is 4. The van der Waals surface area contributed by atoms with Crippen molar-refractivity contribution in [2.45, 2.75) is 25.8 Å². The summed E-state index contributed by atoms with van der Waals surface area (Å²) >= 11 is 0. The number of rotatable bonds is 6. The van der Waals surface area contributed by atoms with Crippen molar-refractivity contribution in [1.82, 2.24) is 9.80 Å². The van der Waals surface area contributed by atoms with Crippen LogP contribution >= 0.6 is 0 Å². The number of nitrogens with two attached hydrogens (primary N) is 1. The van der Waals surface area contributed by atoms with Crippen LogP contribution in [0.15, 0.2) is 24.3 Å². The lowest BCUT2D eigenvalue weighted by Gasteiger charge is -2.37. The minimum Gasteiger partial charge on any atom is -0.497 e. The highest BCUT2D eigenvalue weighted by Gasteiger charge is 2.25. The highest BCUT2D eigenvalue weighted by Crippen LogP contribution is 2.14. The smallest absolute Gasteiger partial charge is 0.234 e. The zero-order valence-electron chi connectivity index (χ0n) is 13.8. The minimum atomic E-state index is -0.315. The number of carbonyl (C=O) groups is 2. The van der Waals surface area contributed by atoms with Crippen LogP contribution in [0.5, 0.6) is 5.75 Å². The molecule has 23 heavy (non-hydrogen) atoms. The summed E-state index contributed by atoms with van der Waals surface area (Å²) in [6.07, 6.45) is 1.22. The zero-order chi connectivity index (χ0) is 16.8.